The van der Waals surface area contributed by atoms with E-state index in [1.165, 1.54) is 0 Å². The fourth-order valence-corrected chi connectivity index (χ4v) is 3.03. The van der Waals surface area contributed by atoms with Crippen molar-refractivity contribution in [3.05, 3.63) is 84.6 Å². The first-order valence-electron chi connectivity index (χ1n) is 9.33. The molecule has 0 saturated heterocycles. The van der Waals surface area contributed by atoms with Crippen LogP contribution in [0.3, 0.4) is 0 Å². The van der Waals surface area contributed by atoms with Crippen molar-refractivity contribution in [2.45, 2.75) is 0 Å². The van der Waals surface area contributed by atoms with Crippen molar-refractivity contribution < 1.29 is 18.7 Å². The molecule has 1 amide bonds. The fourth-order valence-electron chi connectivity index (χ4n) is 3.03. The maximum atomic E-state index is 12.9. The molecule has 4 aromatic rings. The normalized spacial score (nSPS) is 10.5. The van der Waals surface area contributed by atoms with E-state index in [0.29, 0.717) is 28.5 Å². The zero-order valence-corrected chi connectivity index (χ0v) is 16.6. The number of ether oxygens (including phenoxy) is 2. The molecular formula is C24H20N2O4. The summed E-state index contributed by atoms with van der Waals surface area (Å²) in [4.78, 5) is 17.3. The van der Waals surface area contributed by atoms with Crippen LogP contribution in [0.2, 0.25) is 0 Å². The zero-order chi connectivity index (χ0) is 20.9. The maximum absolute atomic E-state index is 12.9. The Balaban J connectivity index is 1.59. The van der Waals surface area contributed by atoms with E-state index in [1.54, 1.807) is 56.8 Å². The molecule has 1 aromatic heterocycles. The highest BCUT2D eigenvalue weighted by atomic mass is 16.5. The number of hydrogen-bond donors (Lipinski definition) is 1. The smallest absolute Gasteiger partial charge is 0.256 e. The Labute approximate surface area is 174 Å². The first-order valence-corrected chi connectivity index (χ1v) is 9.33. The van der Waals surface area contributed by atoms with E-state index in [-0.39, 0.29) is 5.91 Å². The van der Waals surface area contributed by atoms with E-state index in [0.717, 1.165) is 17.1 Å². The van der Waals surface area contributed by atoms with Gasteiger partial charge in [-0.2, -0.15) is 0 Å². The van der Waals surface area contributed by atoms with E-state index in [4.69, 9.17) is 13.9 Å². The predicted molar refractivity (Wildman–Crippen MR) is 115 cm³/mol. The molecule has 0 aliphatic rings. The summed E-state index contributed by atoms with van der Waals surface area (Å²) in [6.07, 6.45) is 1.65. The molecule has 3 aromatic carbocycles. The van der Waals surface area contributed by atoms with Crippen molar-refractivity contribution in [3.63, 3.8) is 0 Å². The van der Waals surface area contributed by atoms with Gasteiger partial charge in [-0.15, -0.1) is 0 Å². The van der Waals surface area contributed by atoms with Gasteiger partial charge in [0.05, 0.1) is 26.0 Å². The van der Waals surface area contributed by atoms with Crippen LogP contribution in [0.25, 0.3) is 22.8 Å². The quantitative estimate of drug-likeness (QED) is 0.477. The van der Waals surface area contributed by atoms with Crippen LogP contribution in [0.4, 0.5) is 5.69 Å². The molecule has 0 spiro atoms. The van der Waals surface area contributed by atoms with E-state index in [2.05, 4.69) is 10.3 Å². The second-order valence-corrected chi connectivity index (χ2v) is 6.49. The summed E-state index contributed by atoms with van der Waals surface area (Å²) < 4.78 is 16.3. The number of carbonyl (C=O) groups is 1. The number of rotatable bonds is 6. The predicted octanol–water partition coefficient (Wildman–Crippen LogP) is 5.28. The second-order valence-electron chi connectivity index (χ2n) is 6.49. The molecule has 0 saturated carbocycles. The van der Waals surface area contributed by atoms with Crippen molar-refractivity contribution >= 4 is 11.6 Å². The minimum atomic E-state index is -0.250. The summed E-state index contributed by atoms with van der Waals surface area (Å²) in [5, 5.41) is 2.89. The Morgan fingerprint density at radius 2 is 1.50 bits per heavy atom. The Morgan fingerprint density at radius 1 is 0.867 bits per heavy atom. The van der Waals surface area contributed by atoms with Crippen LogP contribution in [0.5, 0.6) is 11.5 Å². The average molecular weight is 400 g/mol. The monoisotopic (exact) mass is 400 g/mol. The third-order valence-electron chi connectivity index (χ3n) is 4.63. The van der Waals surface area contributed by atoms with E-state index >= 15 is 0 Å². The van der Waals surface area contributed by atoms with Crippen molar-refractivity contribution in [2.75, 3.05) is 19.5 Å². The van der Waals surface area contributed by atoms with Crippen LogP contribution in [-0.4, -0.2) is 25.1 Å². The van der Waals surface area contributed by atoms with Crippen LogP contribution in [0, 0.1) is 0 Å². The molecule has 0 bridgehead atoms. The molecule has 0 atom stereocenters. The number of methoxy groups -OCH3 is 2. The highest BCUT2D eigenvalue weighted by Gasteiger charge is 2.17. The minimum absolute atomic E-state index is 0.250. The Kier molecular flexibility index (Phi) is 5.48. The third kappa shape index (κ3) is 4.03. The van der Waals surface area contributed by atoms with Gasteiger partial charge < -0.3 is 19.2 Å². The lowest BCUT2D eigenvalue weighted by Crippen LogP contribution is -2.13. The van der Waals surface area contributed by atoms with Gasteiger partial charge in [0.1, 0.15) is 11.5 Å². The molecular weight excluding hydrogens is 380 g/mol. The van der Waals surface area contributed by atoms with Crippen LogP contribution >= 0.6 is 0 Å². The number of benzene rings is 3. The van der Waals surface area contributed by atoms with E-state index < -0.39 is 0 Å². The van der Waals surface area contributed by atoms with Gasteiger partial charge in [0.15, 0.2) is 5.76 Å². The number of oxazole rings is 1. The van der Waals surface area contributed by atoms with Crippen molar-refractivity contribution in [2.24, 2.45) is 0 Å². The zero-order valence-electron chi connectivity index (χ0n) is 16.6. The highest BCUT2D eigenvalue weighted by molar-refractivity contribution is 6.08. The first kappa shape index (κ1) is 19.3. The summed E-state index contributed by atoms with van der Waals surface area (Å²) in [6, 6.07) is 21.8. The van der Waals surface area contributed by atoms with Gasteiger partial charge in [0.2, 0.25) is 5.89 Å². The molecule has 0 unspecified atom stereocenters. The molecule has 0 fully saturated rings. The number of amides is 1. The fraction of sp³-hybridized carbons (Fsp3) is 0.0833. The molecule has 30 heavy (non-hydrogen) atoms. The van der Waals surface area contributed by atoms with E-state index in [1.807, 2.05) is 36.4 Å². The minimum Gasteiger partial charge on any atom is -0.497 e. The van der Waals surface area contributed by atoms with Gasteiger partial charge in [0.25, 0.3) is 5.91 Å². The average Bonchev–Trinajstić information content (AvgIpc) is 3.30. The van der Waals surface area contributed by atoms with Crippen LogP contribution < -0.4 is 14.8 Å². The number of nitrogens with zero attached hydrogens (tertiary/aromatic N) is 1. The van der Waals surface area contributed by atoms with Gasteiger partial charge in [0, 0.05) is 16.8 Å². The standard InChI is InChI=1S/C24H20N2O4/c1-28-18-11-7-16(8-12-18)22-15-25-24(30-22)21-6-4-3-5-20(21)23(27)26-17-9-13-19(29-2)14-10-17/h3-15H,1-2H3,(H,26,27). The van der Waals surface area contributed by atoms with Gasteiger partial charge in [-0.05, 0) is 60.7 Å². The summed E-state index contributed by atoms with van der Waals surface area (Å²) in [7, 11) is 3.22. The second kappa shape index (κ2) is 8.53. The topological polar surface area (TPSA) is 73.6 Å². The third-order valence-corrected chi connectivity index (χ3v) is 4.63. The lowest BCUT2D eigenvalue weighted by atomic mass is 10.1. The number of nitrogens with one attached hydrogen (secondary N) is 1. The van der Waals surface area contributed by atoms with Gasteiger partial charge >= 0.3 is 0 Å². The Bertz CT molecular complexity index is 1150. The molecule has 6 nitrogen and oxygen atoms in total. The van der Waals surface area contributed by atoms with Crippen molar-refractivity contribution in [1.29, 1.82) is 0 Å². The molecule has 0 aliphatic carbocycles. The molecule has 0 aliphatic heterocycles. The summed E-state index contributed by atoms with van der Waals surface area (Å²) >= 11 is 0. The molecule has 6 heteroatoms. The maximum Gasteiger partial charge on any atom is 0.256 e. The molecule has 4 rings (SSSR count). The van der Waals surface area contributed by atoms with Crippen LogP contribution in [0.15, 0.2) is 83.4 Å². The van der Waals surface area contributed by atoms with Crippen molar-refractivity contribution in [1.82, 2.24) is 4.98 Å². The van der Waals surface area contributed by atoms with Gasteiger partial charge in [-0.3, -0.25) is 4.79 Å². The van der Waals surface area contributed by atoms with Gasteiger partial charge in [-0.25, -0.2) is 4.98 Å². The first-order chi connectivity index (χ1) is 14.7. The van der Waals surface area contributed by atoms with Crippen LogP contribution in [0.1, 0.15) is 10.4 Å². The SMILES string of the molecule is COc1ccc(NC(=O)c2ccccc2-c2ncc(-c3ccc(OC)cc3)o2)cc1. The van der Waals surface area contributed by atoms with E-state index in [9.17, 15) is 4.79 Å². The number of aromatic nitrogens is 1. The summed E-state index contributed by atoms with van der Waals surface area (Å²) in [5.74, 6) is 2.22. The molecule has 1 N–H and O–H groups in total. The molecule has 150 valence electrons. The van der Waals surface area contributed by atoms with Crippen LogP contribution in [-0.2, 0) is 0 Å². The lowest BCUT2D eigenvalue weighted by molar-refractivity contribution is 0.102. The Hall–Kier alpha value is -4.06. The number of hydrogen-bond acceptors (Lipinski definition) is 5. The van der Waals surface area contributed by atoms with Crippen molar-refractivity contribution in [3.8, 4) is 34.3 Å². The van der Waals surface area contributed by atoms with Gasteiger partial charge in [-0.1, -0.05) is 12.1 Å². The molecule has 1 heterocycles. The lowest BCUT2D eigenvalue weighted by Gasteiger charge is -2.09. The largest absolute Gasteiger partial charge is 0.497 e. The number of anilines is 1. The summed E-state index contributed by atoms with van der Waals surface area (Å²) in [6.45, 7) is 0. The summed E-state index contributed by atoms with van der Waals surface area (Å²) in [5.41, 5.74) is 2.62. The highest BCUT2D eigenvalue weighted by Crippen LogP contribution is 2.29. The Morgan fingerprint density at radius 3 is 2.17 bits per heavy atom. The number of carbonyl (C=O) groups excluding carboxylic acids is 1. The molecule has 0 radical (unpaired) electrons.